The lowest BCUT2D eigenvalue weighted by Crippen LogP contribution is -2.34. The van der Waals surface area contributed by atoms with Crippen LogP contribution in [0.4, 0.5) is 0 Å². The highest BCUT2D eigenvalue weighted by molar-refractivity contribution is 5.75. The van der Waals surface area contributed by atoms with E-state index in [1.807, 2.05) is 20.8 Å². The SMILES string of the molecule is CC(C)(C)OC(=O)CN1C=NNC1. The van der Waals surface area contributed by atoms with Crippen molar-refractivity contribution in [3.8, 4) is 0 Å². The summed E-state index contributed by atoms with van der Waals surface area (Å²) in [6.07, 6.45) is 1.59. The predicted molar refractivity (Wildman–Crippen MR) is 49.0 cm³/mol. The number of carbonyl (C=O) groups excluding carboxylic acids is 1. The normalized spacial score (nSPS) is 15.8. The maximum atomic E-state index is 11.3. The van der Waals surface area contributed by atoms with Gasteiger partial charge in [0.05, 0.1) is 0 Å². The van der Waals surface area contributed by atoms with E-state index in [4.69, 9.17) is 4.74 Å². The summed E-state index contributed by atoms with van der Waals surface area (Å²) in [7, 11) is 0. The van der Waals surface area contributed by atoms with Crippen molar-refractivity contribution < 1.29 is 9.53 Å². The maximum absolute atomic E-state index is 11.3. The quantitative estimate of drug-likeness (QED) is 0.621. The van der Waals surface area contributed by atoms with Crippen LogP contribution in [0.3, 0.4) is 0 Å². The van der Waals surface area contributed by atoms with Crippen molar-refractivity contribution in [2.75, 3.05) is 13.2 Å². The molecule has 1 aliphatic rings. The average Bonchev–Trinajstić information content (AvgIpc) is 2.34. The van der Waals surface area contributed by atoms with Gasteiger partial charge in [-0.05, 0) is 20.8 Å². The van der Waals surface area contributed by atoms with E-state index in [1.165, 1.54) is 0 Å². The summed E-state index contributed by atoms with van der Waals surface area (Å²) >= 11 is 0. The summed E-state index contributed by atoms with van der Waals surface area (Å²) < 4.78 is 5.13. The van der Waals surface area contributed by atoms with E-state index in [1.54, 1.807) is 11.2 Å². The molecule has 5 heteroatoms. The lowest BCUT2D eigenvalue weighted by Gasteiger charge is -2.21. The third kappa shape index (κ3) is 3.78. The molecule has 0 aromatic carbocycles. The molecule has 13 heavy (non-hydrogen) atoms. The van der Waals surface area contributed by atoms with E-state index in [-0.39, 0.29) is 12.5 Å². The van der Waals surface area contributed by atoms with Crippen LogP contribution < -0.4 is 5.43 Å². The molecular weight excluding hydrogens is 170 g/mol. The molecule has 1 heterocycles. The highest BCUT2D eigenvalue weighted by Gasteiger charge is 2.18. The van der Waals surface area contributed by atoms with Gasteiger partial charge in [0.25, 0.3) is 0 Å². The number of ether oxygens (including phenoxy) is 1. The van der Waals surface area contributed by atoms with Gasteiger partial charge in [-0.25, -0.2) is 0 Å². The van der Waals surface area contributed by atoms with Crippen molar-refractivity contribution in [3.05, 3.63) is 0 Å². The number of hydrogen-bond acceptors (Lipinski definition) is 5. The molecule has 0 saturated carbocycles. The lowest BCUT2D eigenvalue weighted by molar-refractivity contribution is -0.155. The fourth-order valence-corrected chi connectivity index (χ4v) is 0.931. The molecule has 1 N–H and O–H groups in total. The van der Waals surface area contributed by atoms with Gasteiger partial charge in [0.2, 0.25) is 0 Å². The van der Waals surface area contributed by atoms with Crippen LogP contribution in [0.1, 0.15) is 20.8 Å². The van der Waals surface area contributed by atoms with Crippen LogP contribution in [-0.2, 0) is 9.53 Å². The van der Waals surface area contributed by atoms with Crippen molar-refractivity contribution in [2.24, 2.45) is 5.10 Å². The first-order valence-electron chi connectivity index (χ1n) is 4.19. The van der Waals surface area contributed by atoms with Crippen LogP contribution in [0.2, 0.25) is 0 Å². The molecule has 0 aromatic rings. The summed E-state index contributed by atoms with van der Waals surface area (Å²) in [6.45, 7) is 6.36. The molecule has 0 saturated heterocycles. The van der Waals surface area contributed by atoms with E-state index in [9.17, 15) is 4.79 Å². The van der Waals surface area contributed by atoms with Crippen LogP contribution >= 0.6 is 0 Å². The molecule has 0 aromatic heterocycles. The first kappa shape index (κ1) is 9.83. The van der Waals surface area contributed by atoms with E-state index in [0.29, 0.717) is 6.67 Å². The first-order valence-corrected chi connectivity index (χ1v) is 4.19. The minimum Gasteiger partial charge on any atom is -0.459 e. The van der Waals surface area contributed by atoms with Gasteiger partial charge in [-0.2, -0.15) is 5.10 Å². The molecule has 74 valence electrons. The topological polar surface area (TPSA) is 53.9 Å². The summed E-state index contributed by atoms with van der Waals surface area (Å²) in [6, 6.07) is 0. The minimum absolute atomic E-state index is 0.234. The monoisotopic (exact) mass is 185 g/mol. The Balaban J connectivity index is 2.29. The number of rotatable bonds is 2. The smallest absolute Gasteiger partial charge is 0.326 e. The molecule has 5 nitrogen and oxygen atoms in total. The van der Waals surface area contributed by atoms with Gasteiger partial charge in [0.15, 0.2) is 0 Å². The summed E-state index contributed by atoms with van der Waals surface area (Å²) in [5.74, 6) is -0.234. The number of nitrogens with one attached hydrogen (secondary N) is 1. The first-order chi connectivity index (χ1) is 5.97. The molecule has 0 radical (unpaired) electrons. The summed E-state index contributed by atoms with van der Waals surface area (Å²) in [5.41, 5.74) is 2.31. The average molecular weight is 185 g/mol. The van der Waals surface area contributed by atoms with E-state index < -0.39 is 5.60 Å². The highest BCUT2D eigenvalue weighted by atomic mass is 16.6. The molecular formula is C8H15N3O2. The van der Waals surface area contributed by atoms with Gasteiger partial charge in [0.1, 0.15) is 25.2 Å². The Kier molecular flexibility index (Phi) is 2.75. The van der Waals surface area contributed by atoms with Gasteiger partial charge in [-0.1, -0.05) is 0 Å². The lowest BCUT2D eigenvalue weighted by atomic mass is 10.2. The second kappa shape index (κ2) is 3.64. The van der Waals surface area contributed by atoms with Crippen LogP contribution in [0.5, 0.6) is 0 Å². The molecule has 1 rings (SSSR count). The van der Waals surface area contributed by atoms with Crippen molar-refractivity contribution in [3.63, 3.8) is 0 Å². The highest BCUT2D eigenvalue weighted by Crippen LogP contribution is 2.07. The largest absolute Gasteiger partial charge is 0.459 e. The molecule has 0 spiro atoms. The zero-order valence-corrected chi connectivity index (χ0v) is 8.20. The van der Waals surface area contributed by atoms with E-state index in [2.05, 4.69) is 10.5 Å². The third-order valence-corrected chi connectivity index (χ3v) is 1.34. The second-order valence-corrected chi connectivity index (χ2v) is 3.89. The summed E-state index contributed by atoms with van der Waals surface area (Å²) in [4.78, 5) is 13.0. The number of carbonyl (C=O) groups is 1. The van der Waals surface area contributed by atoms with Gasteiger partial charge < -0.3 is 9.64 Å². The fourth-order valence-electron chi connectivity index (χ4n) is 0.931. The predicted octanol–water partition coefficient (Wildman–Crippen LogP) is 0.134. The molecule has 0 fully saturated rings. The van der Waals surface area contributed by atoms with Crippen molar-refractivity contribution in [2.45, 2.75) is 26.4 Å². The van der Waals surface area contributed by atoms with Gasteiger partial charge in [-0.3, -0.25) is 10.2 Å². The molecule has 0 unspecified atom stereocenters. The van der Waals surface area contributed by atoms with Crippen LogP contribution in [0, 0.1) is 0 Å². The Labute approximate surface area is 77.7 Å². The Morgan fingerprint density at radius 1 is 1.69 bits per heavy atom. The van der Waals surface area contributed by atoms with Crippen molar-refractivity contribution in [1.82, 2.24) is 10.3 Å². The molecule has 0 atom stereocenters. The maximum Gasteiger partial charge on any atom is 0.326 e. The van der Waals surface area contributed by atoms with Gasteiger partial charge in [0, 0.05) is 0 Å². The minimum atomic E-state index is -0.415. The summed E-state index contributed by atoms with van der Waals surface area (Å²) in [5, 5.41) is 3.76. The van der Waals surface area contributed by atoms with Crippen molar-refractivity contribution in [1.29, 1.82) is 0 Å². The molecule has 0 amide bonds. The zero-order valence-electron chi connectivity index (χ0n) is 8.20. The zero-order chi connectivity index (χ0) is 9.90. The standard InChI is InChI=1S/C8H15N3O2/c1-8(2,3)13-7(12)4-11-5-9-10-6-11/h5,10H,4,6H2,1-3H3. The van der Waals surface area contributed by atoms with Gasteiger partial charge in [-0.15, -0.1) is 0 Å². The Bertz CT molecular complexity index is 220. The third-order valence-electron chi connectivity index (χ3n) is 1.34. The van der Waals surface area contributed by atoms with E-state index in [0.717, 1.165) is 0 Å². The van der Waals surface area contributed by atoms with Gasteiger partial charge >= 0.3 is 5.97 Å². The van der Waals surface area contributed by atoms with Crippen LogP contribution in [0.15, 0.2) is 5.10 Å². The second-order valence-electron chi connectivity index (χ2n) is 3.89. The molecule has 1 aliphatic heterocycles. The fraction of sp³-hybridized carbons (Fsp3) is 0.750. The number of nitrogens with zero attached hydrogens (tertiary/aromatic N) is 2. The Morgan fingerprint density at radius 3 is 2.85 bits per heavy atom. The number of hydrazone groups is 1. The molecule has 0 bridgehead atoms. The van der Waals surface area contributed by atoms with Crippen LogP contribution in [0.25, 0.3) is 0 Å². The van der Waals surface area contributed by atoms with Crippen LogP contribution in [-0.4, -0.2) is 36.0 Å². The Morgan fingerprint density at radius 2 is 2.38 bits per heavy atom. The number of esters is 1. The van der Waals surface area contributed by atoms with Crippen molar-refractivity contribution >= 4 is 12.3 Å². The molecule has 0 aliphatic carbocycles. The van der Waals surface area contributed by atoms with E-state index >= 15 is 0 Å². The number of hydrogen-bond donors (Lipinski definition) is 1. The Hall–Kier alpha value is -1.26.